The highest BCUT2D eigenvalue weighted by molar-refractivity contribution is 4.86. The van der Waals surface area contributed by atoms with E-state index in [9.17, 15) is 0 Å². The van der Waals surface area contributed by atoms with Crippen LogP contribution in [0.2, 0.25) is 0 Å². The Balaban J connectivity index is 2.95. The summed E-state index contributed by atoms with van der Waals surface area (Å²) in [6, 6.07) is 0. The molecule has 0 aromatic rings. The number of allylic oxidation sites excluding steroid dienone is 1. The Bertz CT molecular complexity index is 210. The van der Waals surface area contributed by atoms with Crippen molar-refractivity contribution in [1.29, 1.82) is 0 Å². The van der Waals surface area contributed by atoms with Gasteiger partial charge in [0.2, 0.25) is 0 Å². The van der Waals surface area contributed by atoms with Gasteiger partial charge in [0, 0.05) is 0 Å². The molecule has 21 heavy (non-hydrogen) atoms. The van der Waals surface area contributed by atoms with Crippen molar-refractivity contribution in [3.63, 3.8) is 0 Å². The first-order valence-electron chi connectivity index (χ1n) is 9.62. The predicted molar refractivity (Wildman–Crippen MR) is 98.0 cm³/mol. The van der Waals surface area contributed by atoms with Crippen molar-refractivity contribution >= 4 is 0 Å². The van der Waals surface area contributed by atoms with Gasteiger partial charge in [0.1, 0.15) is 0 Å². The summed E-state index contributed by atoms with van der Waals surface area (Å²) >= 11 is 0. The van der Waals surface area contributed by atoms with E-state index in [1.165, 1.54) is 109 Å². The van der Waals surface area contributed by atoms with E-state index >= 15 is 0 Å². The van der Waals surface area contributed by atoms with Crippen LogP contribution in [0.25, 0.3) is 0 Å². The number of hydrogen-bond donors (Lipinski definition) is 1. The van der Waals surface area contributed by atoms with E-state index in [-0.39, 0.29) is 0 Å². The quantitative estimate of drug-likeness (QED) is 0.234. The van der Waals surface area contributed by atoms with Crippen LogP contribution in [-0.4, -0.2) is 13.1 Å². The Morgan fingerprint density at radius 1 is 0.667 bits per heavy atom. The molecule has 0 aliphatic heterocycles. The summed E-state index contributed by atoms with van der Waals surface area (Å²) in [5.41, 5.74) is 1.34. The molecule has 0 radical (unpaired) electrons. The van der Waals surface area contributed by atoms with Gasteiger partial charge in [-0.3, -0.25) is 0 Å². The molecule has 0 atom stereocenters. The fourth-order valence-corrected chi connectivity index (χ4v) is 2.75. The van der Waals surface area contributed by atoms with E-state index in [0.717, 1.165) is 0 Å². The largest absolute Gasteiger partial charge is 0.317 e. The van der Waals surface area contributed by atoms with E-state index in [1.807, 2.05) is 0 Å². The summed E-state index contributed by atoms with van der Waals surface area (Å²) in [5.74, 6) is 0. The van der Waals surface area contributed by atoms with E-state index in [0.29, 0.717) is 0 Å². The highest BCUT2D eigenvalue weighted by Crippen LogP contribution is 2.13. The molecule has 0 saturated carbocycles. The summed E-state index contributed by atoms with van der Waals surface area (Å²) in [4.78, 5) is 0. The molecule has 1 N–H and O–H groups in total. The lowest BCUT2D eigenvalue weighted by Crippen LogP contribution is -2.15. The van der Waals surface area contributed by atoms with Crippen LogP contribution in [0.4, 0.5) is 0 Å². The molecular weight excluding hydrogens is 254 g/mol. The highest BCUT2D eigenvalue weighted by atomic mass is 14.8. The fraction of sp³-hybridized carbons (Fsp3) is 0.900. The van der Waals surface area contributed by atoms with Gasteiger partial charge in [-0.05, 0) is 45.7 Å². The summed E-state index contributed by atoms with van der Waals surface area (Å²) in [6.45, 7) is 10.7. The van der Waals surface area contributed by atoms with Crippen LogP contribution in [0, 0.1) is 0 Å². The summed E-state index contributed by atoms with van der Waals surface area (Å²) in [5, 5.41) is 3.48. The third kappa shape index (κ3) is 19.7. The molecule has 0 unspecified atom stereocenters. The molecule has 0 rings (SSSR count). The van der Waals surface area contributed by atoms with Crippen LogP contribution in [-0.2, 0) is 0 Å². The molecule has 0 saturated heterocycles. The van der Waals surface area contributed by atoms with Crippen LogP contribution < -0.4 is 5.32 Å². The third-order valence-electron chi connectivity index (χ3n) is 4.13. The van der Waals surface area contributed by atoms with Gasteiger partial charge in [-0.2, -0.15) is 0 Å². The maximum Gasteiger partial charge on any atom is -0.00489 e. The zero-order chi connectivity index (χ0) is 15.6. The second-order valence-electron chi connectivity index (χ2n) is 6.70. The maximum atomic E-state index is 3.96. The molecule has 0 bridgehead atoms. The van der Waals surface area contributed by atoms with Gasteiger partial charge in [-0.15, -0.1) is 6.58 Å². The van der Waals surface area contributed by atoms with Crippen molar-refractivity contribution in [3.8, 4) is 0 Å². The Morgan fingerprint density at radius 2 is 1.10 bits per heavy atom. The van der Waals surface area contributed by atoms with E-state index in [4.69, 9.17) is 0 Å². The molecule has 126 valence electrons. The van der Waals surface area contributed by atoms with Gasteiger partial charge < -0.3 is 5.32 Å². The molecule has 1 heteroatoms. The first-order valence-corrected chi connectivity index (χ1v) is 9.62. The average molecular weight is 296 g/mol. The SMILES string of the molecule is C=C(C)CCCCCCCCCCCCCCNCCC. The van der Waals surface area contributed by atoms with Crippen LogP contribution in [0.1, 0.15) is 104 Å². The van der Waals surface area contributed by atoms with Gasteiger partial charge in [-0.25, -0.2) is 0 Å². The number of hydrogen-bond acceptors (Lipinski definition) is 1. The van der Waals surface area contributed by atoms with Crippen LogP contribution in [0.3, 0.4) is 0 Å². The molecule has 0 heterocycles. The Hall–Kier alpha value is -0.300. The second-order valence-corrected chi connectivity index (χ2v) is 6.70. The van der Waals surface area contributed by atoms with Crippen molar-refractivity contribution in [2.24, 2.45) is 0 Å². The normalized spacial score (nSPS) is 11.0. The zero-order valence-corrected chi connectivity index (χ0v) is 15.0. The minimum absolute atomic E-state index is 1.19. The van der Waals surface area contributed by atoms with Gasteiger partial charge in [-0.1, -0.05) is 76.7 Å². The first kappa shape index (κ1) is 20.7. The van der Waals surface area contributed by atoms with Crippen molar-refractivity contribution in [1.82, 2.24) is 5.32 Å². The Labute approximate surface area is 135 Å². The molecule has 0 fully saturated rings. The molecule has 0 amide bonds. The molecule has 0 aliphatic rings. The van der Waals surface area contributed by atoms with Crippen molar-refractivity contribution in [2.75, 3.05) is 13.1 Å². The van der Waals surface area contributed by atoms with Gasteiger partial charge in [0.15, 0.2) is 0 Å². The van der Waals surface area contributed by atoms with E-state index in [1.54, 1.807) is 0 Å². The van der Waals surface area contributed by atoms with Gasteiger partial charge in [0.25, 0.3) is 0 Å². The Morgan fingerprint density at radius 3 is 1.52 bits per heavy atom. The summed E-state index contributed by atoms with van der Waals surface area (Å²) in [6.07, 6.45) is 19.6. The molecule has 0 aromatic heterocycles. The second kappa shape index (κ2) is 17.8. The average Bonchev–Trinajstić information content (AvgIpc) is 2.46. The van der Waals surface area contributed by atoms with Gasteiger partial charge in [0.05, 0.1) is 0 Å². The number of rotatable bonds is 17. The maximum absolute atomic E-state index is 3.96. The molecule has 1 nitrogen and oxygen atoms in total. The zero-order valence-electron chi connectivity index (χ0n) is 15.0. The smallest absolute Gasteiger partial charge is 0.00489 e. The summed E-state index contributed by atoms with van der Waals surface area (Å²) < 4.78 is 0. The molecule has 0 spiro atoms. The molecule has 0 aliphatic carbocycles. The number of unbranched alkanes of at least 4 members (excludes halogenated alkanes) is 11. The van der Waals surface area contributed by atoms with Crippen molar-refractivity contribution in [2.45, 2.75) is 104 Å². The van der Waals surface area contributed by atoms with E-state index in [2.05, 4.69) is 25.7 Å². The standard InChI is InChI=1S/C20H41N/c1-4-18-21-19-16-14-12-10-8-6-5-7-9-11-13-15-17-20(2)3/h21H,2,4-19H2,1,3H3. The summed E-state index contributed by atoms with van der Waals surface area (Å²) in [7, 11) is 0. The van der Waals surface area contributed by atoms with Crippen molar-refractivity contribution < 1.29 is 0 Å². The van der Waals surface area contributed by atoms with Crippen molar-refractivity contribution in [3.05, 3.63) is 12.2 Å². The minimum Gasteiger partial charge on any atom is -0.317 e. The monoisotopic (exact) mass is 295 g/mol. The van der Waals surface area contributed by atoms with Gasteiger partial charge >= 0.3 is 0 Å². The van der Waals surface area contributed by atoms with Crippen LogP contribution in [0.5, 0.6) is 0 Å². The third-order valence-corrected chi connectivity index (χ3v) is 4.13. The lowest BCUT2D eigenvalue weighted by atomic mass is 10.0. The molecule has 0 aromatic carbocycles. The topological polar surface area (TPSA) is 12.0 Å². The number of nitrogens with one attached hydrogen (secondary N) is 1. The lowest BCUT2D eigenvalue weighted by Gasteiger charge is -2.04. The lowest BCUT2D eigenvalue weighted by molar-refractivity contribution is 0.533. The van der Waals surface area contributed by atoms with Crippen LogP contribution in [0.15, 0.2) is 12.2 Å². The predicted octanol–water partition coefficient (Wildman–Crippen LogP) is 6.63. The van der Waals surface area contributed by atoms with Crippen LogP contribution >= 0.6 is 0 Å². The van der Waals surface area contributed by atoms with E-state index < -0.39 is 0 Å². The fourth-order valence-electron chi connectivity index (χ4n) is 2.75. The Kier molecular flexibility index (Phi) is 17.5. The molecular formula is C20H41N. The minimum atomic E-state index is 1.19. The highest BCUT2D eigenvalue weighted by Gasteiger charge is 1.94. The first-order chi connectivity index (χ1) is 10.3.